The molecule has 1 saturated carbocycles. The number of ether oxygens (including phenoxy) is 1. The Balaban J connectivity index is 1.18. The van der Waals surface area contributed by atoms with Crippen LogP contribution in [-0.2, 0) is 20.9 Å². The van der Waals surface area contributed by atoms with Crippen LogP contribution in [0.3, 0.4) is 0 Å². The number of aromatic nitrogens is 2. The highest BCUT2D eigenvalue weighted by molar-refractivity contribution is 6.01. The number of para-hydroxylation sites is 1. The van der Waals surface area contributed by atoms with E-state index in [1.807, 2.05) is 35.4 Å². The van der Waals surface area contributed by atoms with E-state index in [-0.39, 0.29) is 29.1 Å². The number of piperidine rings is 1. The molecule has 2 aliphatic heterocycles. The van der Waals surface area contributed by atoms with Crippen molar-refractivity contribution in [3.05, 3.63) is 89.9 Å². The number of hydrogen-bond donors (Lipinski definition) is 2. The van der Waals surface area contributed by atoms with Crippen molar-refractivity contribution in [2.75, 3.05) is 56.7 Å². The van der Waals surface area contributed by atoms with E-state index in [2.05, 4.69) is 89.3 Å². The van der Waals surface area contributed by atoms with E-state index in [0.717, 1.165) is 61.8 Å². The molecular formula is C39H48N6O3. The molecule has 7 rings (SSSR count). The summed E-state index contributed by atoms with van der Waals surface area (Å²) in [7, 11) is 2.08. The third-order valence-corrected chi connectivity index (χ3v) is 11.3. The fraction of sp³-hybridized carbons (Fsp3) is 0.462. The van der Waals surface area contributed by atoms with Crippen molar-refractivity contribution in [2.45, 2.75) is 58.0 Å². The molecular weight excluding hydrogens is 600 g/mol. The Labute approximate surface area is 283 Å². The number of fused-ring (bicyclic) bond motifs is 1. The smallest absolute Gasteiger partial charge is 0.250 e. The number of likely N-dealkylation sites (tertiary alicyclic amines) is 1. The molecule has 2 aromatic carbocycles. The van der Waals surface area contributed by atoms with Crippen LogP contribution < -0.4 is 10.2 Å². The van der Waals surface area contributed by atoms with E-state index in [1.165, 1.54) is 16.6 Å². The lowest BCUT2D eigenvalue weighted by molar-refractivity contribution is -0.150. The van der Waals surface area contributed by atoms with Gasteiger partial charge in [-0.3, -0.25) is 14.6 Å². The van der Waals surface area contributed by atoms with Gasteiger partial charge in [0.05, 0.1) is 13.2 Å². The molecule has 2 N–H and O–H groups in total. The number of nitrogens with zero attached hydrogens (tertiary/aromatic N) is 4. The topological polar surface area (TPSA) is 93.8 Å². The lowest BCUT2D eigenvalue weighted by Gasteiger charge is -2.47. The number of aryl methyl sites for hydroxylation is 1. The predicted octanol–water partition coefficient (Wildman–Crippen LogP) is 5.97. The molecule has 1 aliphatic carbocycles. The summed E-state index contributed by atoms with van der Waals surface area (Å²) < 4.78 is 5.51. The van der Waals surface area contributed by atoms with Crippen molar-refractivity contribution in [1.82, 2.24) is 19.8 Å². The third-order valence-electron chi connectivity index (χ3n) is 11.3. The molecule has 0 spiro atoms. The van der Waals surface area contributed by atoms with Crippen molar-refractivity contribution in [3.8, 4) is 0 Å². The summed E-state index contributed by atoms with van der Waals surface area (Å²) in [6.45, 7) is 11.6. The minimum Gasteiger partial charge on any atom is -0.378 e. The number of H-pyrrole nitrogens is 1. The average molecular weight is 649 g/mol. The summed E-state index contributed by atoms with van der Waals surface area (Å²) in [6, 6.07) is 20.4. The molecule has 4 aromatic rings. The lowest BCUT2D eigenvalue weighted by Crippen LogP contribution is -2.62. The van der Waals surface area contributed by atoms with Crippen LogP contribution >= 0.6 is 0 Å². The Morgan fingerprint density at radius 1 is 1.00 bits per heavy atom. The van der Waals surface area contributed by atoms with Gasteiger partial charge in [-0.1, -0.05) is 38.1 Å². The lowest BCUT2D eigenvalue weighted by atomic mass is 9.83. The van der Waals surface area contributed by atoms with E-state index in [9.17, 15) is 9.59 Å². The van der Waals surface area contributed by atoms with Gasteiger partial charge in [-0.05, 0) is 91.6 Å². The number of aromatic amines is 1. The molecule has 2 atom stereocenters. The first-order chi connectivity index (χ1) is 23.2. The number of nitrogens with one attached hydrogen (secondary N) is 2. The number of rotatable bonds is 9. The van der Waals surface area contributed by atoms with Gasteiger partial charge in [-0.25, -0.2) is 0 Å². The van der Waals surface area contributed by atoms with Crippen molar-refractivity contribution in [3.63, 3.8) is 0 Å². The zero-order valence-electron chi connectivity index (χ0n) is 28.7. The molecule has 0 radical (unpaired) electrons. The van der Waals surface area contributed by atoms with Crippen LogP contribution in [0.5, 0.6) is 0 Å². The normalized spacial score (nSPS) is 22.0. The fourth-order valence-corrected chi connectivity index (χ4v) is 8.28. The molecule has 4 heterocycles. The Bertz CT molecular complexity index is 1750. The maximum atomic E-state index is 14.8. The molecule has 2 saturated heterocycles. The Morgan fingerprint density at radius 2 is 1.73 bits per heavy atom. The molecule has 2 amide bonds. The van der Waals surface area contributed by atoms with E-state index in [0.29, 0.717) is 25.8 Å². The van der Waals surface area contributed by atoms with Gasteiger partial charge >= 0.3 is 0 Å². The van der Waals surface area contributed by atoms with Gasteiger partial charge in [0.15, 0.2) is 0 Å². The molecule has 3 fully saturated rings. The zero-order valence-corrected chi connectivity index (χ0v) is 28.7. The van der Waals surface area contributed by atoms with Crippen LogP contribution in [-0.4, -0.2) is 83.6 Å². The fourth-order valence-electron chi connectivity index (χ4n) is 8.28. The van der Waals surface area contributed by atoms with Crippen molar-refractivity contribution >= 4 is 34.1 Å². The van der Waals surface area contributed by atoms with Gasteiger partial charge in [0.2, 0.25) is 11.8 Å². The summed E-state index contributed by atoms with van der Waals surface area (Å²) in [5.41, 5.74) is 5.36. The summed E-state index contributed by atoms with van der Waals surface area (Å²) >= 11 is 0. The second-order valence-electron chi connectivity index (χ2n) is 14.6. The van der Waals surface area contributed by atoms with Crippen molar-refractivity contribution in [2.24, 2.45) is 11.3 Å². The average Bonchev–Trinajstić information content (AvgIpc) is 3.45. The predicted molar refractivity (Wildman–Crippen MR) is 190 cm³/mol. The molecule has 48 heavy (non-hydrogen) atoms. The minimum absolute atomic E-state index is 0.0271. The largest absolute Gasteiger partial charge is 0.378 e. The number of hydrogen-bond acceptors (Lipinski definition) is 6. The maximum Gasteiger partial charge on any atom is 0.250 e. The Kier molecular flexibility index (Phi) is 8.77. The molecule has 9 nitrogen and oxygen atoms in total. The van der Waals surface area contributed by atoms with E-state index < -0.39 is 5.54 Å². The van der Waals surface area contributed by atoms with Crippen LogP contribution in [0, 0.1) is 18.3 Å². The Hall–Kier alpha value is -4.21. The van der Waals surface area contributed by atoms with Gasteiger partial charge in [0.25, 0.3) is 0 Å². The first-order valence-electron chi connectivity index (χ1n) is 17.4. The van der Waals surface area contributed by atoms with E-state index >= 15 is 0 Å². The summed E-state index contributed by atoms with van der Waals surface area (Å²) in [5, 5.41) is 4.49. The monoisotopic (exact) mass is 648 g/mol. The number of amides is 2. The standard InChI is InChI=1S/C39H48N6O3/c1-27-35(31-9-5-6-10-33(31)41-27)36-32(38(36,2)3)24-34(46)45(26-28-8-7-17-40-25-28)39(15-18-43(4)19-16-39)37(47)42-29-11-13-30(14-12-29)44-20-22-48-23-21-44/h5-14,17,25,32,36,41H,15-16,18-24,26H2,1-4H3,(H,42,47)/t32-,36-/m1/s1. The van der Waals surface area contributed by atoms with E-state index in [1.54, 1.807) is 6.20 Å². The third kappa shape index (κ3) is 6.10. The quantitative estimate of drug-likeness (QED) is 0.232. The first kappa shape index (κ1) is 32.3. The van der Waals surface area contributed by atoms with Crippen molar-refractivity contribution < 1.29 is 14.3 Å². The second-order valence-corrected chi connectivity index (χ2v) is 14.6. The van der Waals surface area contributed by atoms with Gasteiger partial charge in [-0.2, -0.15) is 0 Å². The minimum atomic E-state index is -0.993. The van der Waals surface area contributed by atoms with Crippen LogP contribution in [0.1, 0.15) is 55.8 Å². The van der Waals surface area contributed by atoms with Crippen molar-refractivity contribution in [1.29, 1.82) is 0 Å². The van der Waals surface area contributed by atoms with Crippen LogP contribution in [0.25, 0.3) is 10.9 Å². The number of carbonyl (C=O) groups excluding carboxylic acids is 2. The highest BCUT2D eigenvalue weighted by Gasteiger charge is 2.60. The zero-order chi connectivity index (χ0) is 33.5. The highest BCUT2D eigenvalue weighted by Crippen LogP contribution is 2.67. The first-order valence-corrected chi connectivity index (χ1v) is 17.4. The number of anilines is 2. The number of carbonyl (C=O) groups is 2. The summed E-state index contributed by atoms with van der Waals surface area (Å²) in [6.07, 6.45) is 5.06. The number of morpholine rings is 1. The molecule has 0 unspecified atom stereocenters. The van der Waals surface area contributed by atoms with Gasteiger partial charge in [-0.15, -0.1) is 0 Å². The SMILES string of the molecule is Cc1[nH]c2ccccc2c1[C@H]1[C@@H](CC(=O)N(Cc2cccnc2)C2(C(=O)Nc3ccc(N4CCOCC4)cc3)CCN(C)CC2)C1(C)C. The van der Waals surface area contributed by atoms with Gasteiger partial charge in [0, 0.05) is 79.5 Å². The van der Waals surface area contributed by atoms with Gasteiger partial charge < -0.3 is 29.7 Å². The Morgan fingerprint density at radius 3 is 2.44 bits per heavy atom. The number of pyridine rings is 1. The molecule has 252 valence electrons. The number of benzene rings is 2. The van der Waals surface area contributed by atoms with Crippen LogP contribution in [0.15, 0.2) is 73.1 Å². The summed E-state index contributed by atoms with van der Waals surface area (Å²) in [5.74, 6) is 0.328. The van der Waals surface area contributed by atoms with Crippen LogP contribution in [0.2, 0.25) is 0 Å². The molecule has 9 heteroatoms. The van der Waals surface area contributed by atoms with Crippen LogP contribution in [0.4, 0.5) is 11.4 Å². The van der Waals surface area contributed by atoms with E-state index in [4.69, 9.17) is 4.74 Å². The highest BCUT2D eigenvalue weighted by atomic mass is 16.5. The molecule has 0 bridgehead atoms. The van der Waals surface area contributed by atoms with Gasteiger partial charge in [0.1, 0.15) is 5.54 Å². The maximum absolute atomic E-state index is 14.8. The summed E-state index contributed by atoms with van der Waals surface area (Å²) in [4.78, 5) is 43.8. The molecule has 2 aromatic heterocycles. The second kappa shape index (κ2) is 13.0. The molecule has 3 aliphatic rings.